The number of hydrogen-bond donors (Lipinski definition) is 4. The van der Waals surface area contributed by atoms with Crippen LogP contribution in [-0.4, -0.2) is 83.8 Å². The second-order valence-corrected chi connectivity index (χ2v) is 16.3. The molecule has 0 unspecified atom stereocenters. The summed E-state index contributed by atoms with van der Waals surface area (Å²) in [5.74, 6) is -3.70. The number of carbonyl (C=O) groups excluding carboxylic acids is 6. The molecule has 0 atom stereocenters. The average molecular weight is 1020 g/mol. The van der Waals surface area contributed by atoms with Crippen molar-refractivity contribution in [1.82, 2.24) is 8.80 Å². The Morgan fingerprint density at radius 2 is 0.838 bits per heavy atom. The molecular weight excluding hydrogens is 971 g/mol. The molecule has 4 aromatic carbocycles. The number of hydrogen-bond acceptors (Lipinski definition) is 14. The van der Waals surface area contributed by atoms with Gasteiger partial charge in [-0.05, 0) is 123 Å². The van der Waals surface area contributed by atoms with Gasteiger partial charge >= 0.3 is 59.1 Å². The molecule has 0 aliphatic carbocycles. The summed E-state index contributed by atoms with van der Waals surface area (Å²) in [6.07, 6.45) is 3.37. The van der Waals surface area contributed by atoms with Gasteiger partial charge in [-0.2, -0.15) is 0 Å². The van der Waals surface area contributed by atoms with Gasteiger partial charge < -0.3 is 69.7 Å². The number of carbonyl (C=O) groups is 6. The normalized spacial score (nSPS) is 10.8. The van der Waals surface area contributed by atoms with E-state index in [2.05, 4.69) is 10.6 Å². The van der Waals surface area contributed by atoms with Crippen molar-refractivity contribution in [3.8, 4) is 11.5 Å². The molecule has 0 bridgehead atoms. The zero-order valence-corrected chi connectivity index (χ0v) is 44.9. The monoisotopic (exact) mass is 1020 g/mol. The molecule has 4 heterocycles. The van der Waals surface area contributed by atoms with E-state index < -0.39 is 35.3 Å². The molecule has 0 saturated carbocycles. The zero-order chi connectivity index (χ0) is 51.1. The van der Waals surface area contributed by atoms with E-state index in [0.717, 1.165) is 0 Å². The minimum atomic E-state index is -1.50. The second-order valence-electron chi connectivity index (χ2n) is 16.3. The number of ether oxygens (including phenoxy) is 4. The molecule has 8 rings (SSSR count). The third kappa shape index (κ3) is 12.4. The van der Waals surface area contributed by atoms with E-state index in [-0.39, 0.29) is 131 Å². The minimum absolute atomic E-state index is 0. The minimum Gasteiger partial charge on any atom is -0.545 e. The van der Waals surface area contributed by atoms with Gasteiger partial charge in [0.25, 0.3) is 11.8 Å². The van der Waals surface area contributed by atoms with Crippen molar-refractivity contribution >= 4 is 69.1 Å². The number of aromatic carboxylic acids is 2. The van der Waals surface area contributed by atoms with Crippen LogP contribution >= 0.6 is 0 Å². The summed E-state index contributed by atoms with van der Waals surface area (Å²) < 4.78 is 26.1. The molecule has 6 N–H and O–H groups in total. The first-order valence-electron chi connectivity index (χ1n) is 22.5. The van der Waals surface area contributed by atoms with E-state index in [9.17, 15) is 39.0 Å². The predicted molar refractivity (Wildman–Crippen MR) is 263 cm³/mol. The van der Waals surface area contributed by atoms with Gasteiger partial charge in [0, 0.05) is 68.3 Å². The molecule has 20 heteroatoms. The molecule has 366 valence electrons. The van der Waals surface area contributed by atoms with Gasteiger partial charge in [-0.3, -0.25) is 19.2 Å². The quantitative estimate of drug-likeness (QED) is 0.0296. The van der Waals surface area contributed by atoms with Crippen LogP contribution in [0.25, 0.3) is 11.0 Å². The van der Waals surface area contributed by atoms with Gasteiger partial charge in [0.05, 0.1) is 72.2 Å². The maximum Gasteiger partial charge on any atom is 1.00 e. The van der Waals surface area contributed by atoms with Crippen LogP contribution in [0.1, 0.15) is 84.7 Å². The van der Waals surface area contributed by atoms with Crippen molar-refractivity contribution in [1.29, 1.82) is 0 Å². The number of fused-ring (bicyclic) bond motifs is 2. The van der Waals surface area contributed by atoms with Gasteiger partial charge in [-0.15, -0.1) is 0 Å². The van der Waals surface area contributed by atoms with Crippen LogP contribution in [0.4, 0.5) is 22.7 Å². The number of aromatic nitrogens is 2. The van der Waals surface area contributed by atoms with E-state index in [1.165, 1.54) is 36.4 Å². The summed E-state index contributed by atoms with van der Waals surface area (Å²) in [5, 5.41) is 29.0. The SMILES string of the molecule is Cc1c(NC(=O)c2ccc(OCCOCCOCCOc3ccc(C(=O)Nc4c(C)c(C(=O)c5ccc(N)c(C(=O)[O-])c5)n5ccccc45)cc3)cc2)c2ccccn2c1C(=O)c1ccc(N)c(C(=O)[O-])c1.[Na+].[Na+]. The number of anilines is 4. The van der Waals surface area contributed by atoms with Crippen LogP contribution in [0.3, 0.4) is 0 Å². The number of nitrogens with two attached hydrogens (primary N) is 2. The smallest absolute Gasteiger partial charge is 0.545 e. The summed E-state index contributed by atoms with van der Waals surface area (Å²) in [5.41, 5.74) is 15.3. The fourth-order valence-electron chi connectivity index (χ4n) is 8.10. The Hall–Kier alpha value is -7.26. The number of pyridine rings is 2. The van der Waals surface area contributed by atoms with Crippen LogP contribution in [0.2, 0.25) is 0 Å². The standard InChI is InChI=1S/C54H48N6O12.2Na/c1-31-45(43-7-3-5-21-59(43)47(31)49(61)35-13-19-41(55)39(29-35)53(65)66)57-51(63)33-9-15-37(16-10-33)71-27-25-69-23-24-70-26-28-72-38-17-11-34(12-18-38)52(64)58-46-32(2)48(60-22-6-4-8-44(46)60)50(62)36-14-20-42(56)40(30-36)54(67)68;;/h3-22,29-30H,23-28,55-56H2,1-2H3,(H,57,63)(H,58,64)(H,65,66)(H,67,68);;/q;2*+1/p-2. The first-order chi connectivity index (χ1) is 34.7. The van der Waals surface area contributed by atoms with Crippen LogP contribution in [-0.2, 0) is 9.47 Å². The van der Waals surface area contributed by atoms with Crippen molar-refractivity contribution < 1.29 is 117 Å². The van der Waals surface area contributed by atoms with E-state index in [1.54, 1.807) is 120 Å². The van der Waals surface area contributed by atoms with Gasteiger partial charge in [-0.1, -0.05) is 12.1 Å². The first-order valence-corrected chi connectivity index (χ1v) is 22.5. The van der Waals surface area contributed by atoms with Crippen LogP contribution < -0.4 is 101 Å². The number of carboxylic acids is 2. The Bertz CT molecular complexity index is 3180. The number of nitrogen functional groups attached to an aromatic ring is 2. The number of amides is 2. The van der Waals surface area contributed by atoms with Gasteiger partial charge in [0.1, 0.15) is 24.7 Å². The van der Waals surface area contributed by atoms with E-state index in [0.29, 0.717) is 69.4 Å². The number of nitrogens with one attached hydrogen (secondary N) is 2. The van der Waals surface area contributed by atoms with Crippen molar-refractivity contribution in [3.05, 3.63) is 190 Å². The summed E-state index contributed by atoms with van der Waals surface area (Å²) in [7, 11) is 0. The molecule has 0 fully saturated rings. The molecule has 0 spiro atoms. The summed E-state index contributed by atoms with van der Waals surface area (Å²) >= 11 is 0. The van der Waals surface area contributed by atoms with Crippen molar-refractivity contribution in [2.24, 2.45) is 0 Å². The van der Waals surface area contributed by atoms with Gasteiger partial charge in [0.15, 0.2) is 0 Å². The predicted octanol–water partition coefficient (Wildman–Crippen LogP) is -0.834. The Balaban J connectivity index is 0.00000446. The molecule has 18 nitrogen and oxygen atoms in total. The second kappa shape index (κ2) is 25.1. The number of carboxylic acid groups (broad SMARTS) is 2. The van der Waals surface area contributed by atoms with Crippen molar-refractivity contribution in [2.45, 2.75) is 13.8 Å². The van der Waals surface area contributed by atoms with Crippen molar-refractivity contribution in [3.63, 3.8) is 0 Å². The molecule has 8 aromatic rings. The zero-order valence-electron chi connectivity index (χ0n) is 40.9. The molecule has 0 saturated heterocycles. The van der Waals surface area contributed by atoms with Gasteiger partial charge in [-0.25, -0.2) is 0 Å². The number of rotatable bonds is 21. The Morgan fingerprint density at radius 3 is 1.20 bits per heavy atom. The third-order valence-electron chi connectivity index (χ3n) is 11.8. The van der Waals surface area contributed by atoms with E-state index in [4.69, 9.17) is 30.4 Å². The first kappa shape index (κ1) is 56.0. The number of ketones is 2. The molecular formula is C54H46N6Na2O12. The number of benzene rings is 4. The Morgan fingerprint density at radius 1 is 0.486 bits per heavy atom. The largest absolute Gasteiger partial charge is 1.00 e. The maximum absolute atomic E-state index is 13.7. The summed E-state index contributed by atoms with van der Waals surface area (Å²) in [4.78, 5) is 77.4. The van der Waals surface area contributed by atoms with E-state index in [1.807, 2.05) is 0 Å². The molecule has 0 radical (unpaired) electrons. The maximum atomic E-state index is 13.7. The topological polar surface area (TPSA) is 270 Å². The number of nitrogens with zero attached hydrogens (tertiary/aromatic N) is 2. The Kier molecular flexibility index (Phi) is 19.0. The summed E-state index contributed by atoms with van der Waals surface area (Å²) in [6, 6.07) is 31.6. The molecule has 4 aromatic heterocycles. The van der Waals surface area contributed by atoms with Crippen LogP contribution in [0, 0.1) is 13.8 Å². The van der Waals surface area contributed by atoms with E-state index >= 15 is 0 Å². The average Bonchev–Trinajstić information content (AvgIpc) is 3.82. The molecule has 74 heavy (non-hydrogen) atoms. The van der Waals surface area contributed by atoms with Crippen LogP contribution in [0.5, 0.6) is 11.5 Å². The molecule has 2 amide bonds. The molecule has 0 aliphatic heterocycles. The third-order valence-corrected chi connectivity index (χ3v) is 11.8. The fraction of sp³-hybridized carbons (Fsp3) is 0.148. The van der Waals surface area contributed by atoms with Gasteiger partial charge in [0.2, 0.25) is 11.6 Å². The summed E-state index contributed by atoms with van der Waals surface area (Å²) in [6.45, 7) is 5.08. The Labute approximate surface area is 468 Å². The van der Waals surface area contributed by atoms with Crippen molar-refractivity contribution in [2.75, 3.05) is 61.7 Å². The fourth-order valence-corrected chi connectivity index (χ4v) is 8.10. The molecule has 0 aliphatic rings. The van der Waals surface area contributed by atoms with Crippen LogP contribution in [0.15, 0.2) is 134 Å².